The molecule has 2 rings (SSSR count). The predicted molar refractivity (Wildman–Crippen MR) is 78.8 cm³/mol. The van der Waals surface area contributed by atoms with Crippen molar-refractivity contribution in [1.29, 1.82) is 0 Å². The van der Waals surface area contributed by atoms with Crippen LogP contribution in [0, 0.1) is 10.1 Å². The number of carbonyl (C=O) groups is 1. The minimum atomic E-state index is -1.17. The summed E-state index contributed by atoms with van der Waals surface area (Å²) < 4.78 is 0. The largest absolute Gasteiger partial charge is 0.478 e. The van der Waals surface area contributed by atoms with E-state index in [2.05, 4.69) is 10.2 Å². The molecule has 0 aliphatic heterocycles. The van der Waals surface area contributed by atoms with Crippen LogP contribution in [-0.2, 0) is 0 Å². The van der Waals surface area contributed by atoms with Crippen LogP contribution in [0.5, 0.6) is 0 Å². The summed E-state index contributed by atoms with van der Waals surface area (Å²) in [5.74, 6) is -1.17. The van der Waals surface area contributed by atoms with E-state index in [1.807, 2.05) is 14.1 Å². The Morgan fingerprint density at radius 3 is 2.57 bits per heavy atom. The highest BCUT2D eigenvalue weighted by Crippen LogP contribution is 2.36. The highest BCUT2D eigenvalue weighted by atomic mass is 16.6. The number of likely N-dealkylation sites (N-methyl/N-ethyl adjacent to an activating group) is 1. The number of nitrogens with one attached hydrogen (secondary N) is 1. The fraction of sp³-hybridized carbons (Fsp3) is 0.500. The van der Waals surface area contributed by atoms with Crippen LogP contribution in [-0.4, -0.2) is 47.1 Å². The first kappa shape index (κ1) is 15.2. The average molecular weight is 293 g/mol. The van der Waals surface area contributed by atoms with Crippen molar-refractivity contribution in [3.05, 3.63) is 33.9 Å². The van der Waals surface area contributed by atoms with Gasteiger partial charge in [-0.25, -0.2) is 4.79 Å². The second-order valence-corrected chi connectivity index (χ2v) is 5.62. The lowest BCUT2D eigenvalue weighted by Crippen LogP contribution is -2.54. The van der Waals surface area contributed by atoms with Crippen LogP contribution in [0.25, 0.3) is 0 Å². The minimum Gasteiger partial charge on any atom is -0.478 e. The fourth-order valence-electron chi connectivity index (χ4n) is 2.60. The molecule has 7 heteroatoms. The maximum atomic E-state index is 11.3. The monoisotopic (exact) mass is 293 g/mol. The van der Waals surface area contributed by atoms with Gasteiger partial charge in [0.25, 0.3) is 5.69 Å². The number of carboxylic acid groups (broad SMARTS) is 1. The van der Waals surface area contributed by atoms with E-state index in [9.17, 15) is 20.0 Å². The molecule has 1 aliphatic carbocycles. The SMILES string of the molecule is CN(C)C1(CNc2ccc([N+](=O)[O-])cc2C(=O)O)CCC1. The predicted octanol–water partition coefficient (Wildman–Crippen LogP) is 2.19. The number of nitro groups is 1. The van der Waals surface area contributed by atoms with Gasteiger partial charge in [-0.15, -0.1) is 0 Å². The van der Waals surface area contributed by atoms with Crippen LogP contribution in [0.1, 0.15) is 29.6 Å². The van der Waals surface area contributed by atoms with E-state index < -0.39 is 10.9 Å². The molecule has 0 atom stereocenters. The molecule has 0 heterocycles. The zero-order valence-electron chi connectivity index (χ0n) is 12.1. The molecule has 0 saturated heterocycles. The molecule has 0 unspecified atom stereocenters. The second-order valence-electron chi connectivity index (χ2n) is 5.62. The summed E-state index contributed by atoms with van der Waals surface area (Å²) in [6.45, 7) is 0.623. The molecule has 1 aromatic carbocycles. The van der Waals surface area contributed by atoms with Crippen LogP contribution < -0.4 is 5.32 Å². The van der Waals surface area contributed by atoms with Crippen molar-refractivity contribution in [3.8, 4) is 0 Å². The molecular formula is C14H19N3O4. The number of carboxylic acids is 1. The minimum absolute atomic E-state index is 0.0392. The second kappa shape index (κ2) is 5.69. The van der Waals surface area contributed by atoms with Crippen molar-refractivity contribution in [1.82, 2.24) is 4.90 Å². The number of benzene rings is 1. The van der Waals surface area contributed by atoms with Crippen molar-refractivity contribution in [3.63, 3.8) is 0 Å². The Balaban J connectivity index is 2.20. The number of rotatable bonds is 6. The molecule has 0 spiro atoms. The third-order valence-corrected chi connectivity index (χ3v) is 4.29. The maximum absolute atomic E-state index is 11.3. The van der Waals surface area contributed by atoms with Crippen molar-refractivity contribution in [2.24, 2.45) is 0 Å². The molecule has 0 radical (unpaired) electrons. The highest BCUT2D eigenvalue weighted by molar-refractivity contribution is 5.95. The van der Waals surface area contributed by atoms with Gasteiger partial charge < -0.3 is 15.3 Å². The Hall–Kier alpha value is -2.15. The molecule has 1 fully saturated rings. The third kappa shape index (κ3) is 2.97. The van der Waals surface area contributed by atoms with Crippen LogP contribution in [0.4, 0.5) is 11.4 Å². The number of anilines is 1. The van der Waals surface area contributed by atoms with Gasteiger partial charge in [-0.05, 0) is 39.4 Å². The van der Waals surface area contributed by atoms with E-state index in [0.29, 0.717) is 12.2 Å². The lowest BCUT2D eigenvalue weighted by molar-refractivity contribution is -0.384. The van der Waals surface area contributed by atoms with E-state index >= 15 is 0 Å². The van der Waals surface area contributed by atoms with Gasteiger partial charge in [0.05, 0.1) is 10.5 Å². The Bertz CT molecular complexity index is 567. The molecule has 1 aliphatic rings. The van der Waals surface area contributed by atoms with E-state index in [4.69, 9.17) is 0 Å². The summed E-state index contributed by atoms with van der Waals surface area (Å²) in [4.78, 5) is 23.6. The summed E-state index contributed by atoms with van der Waals surface area (Å²) in [5.41, 5.74) is 0.167. The zero-order chi connectivity index (χ0) is 15.6. The van der Waals surface area contributed by atoms with Gasteiger partial charge in [-0.2, -0.15) is 0 Å². The number of non-ortho nitro benzene ring substituents is 1. The van der Waals surface area contributed by atoms with Crippen LogP contribution >= 0.6 is 0 Å². The quantitative estimate of drug-likeness (QED) is 0.616. The Labute approximate surface area is 122 Å². The molecule has 1 saturated carbocycles. The molecule has 2 N–H and O–H groups in total. The number of hydrogen-bond donors (Lipinski definition) is 2. The van der Waals surface area contributed by atoms with Gasteiger partial charge >= 0.3 is 5.97 Å². The summed E-state index contributed by atoms with van der Waals surface area (Å²) in [6, 6.07) is 3.87. The van der Waals surface area contributed by atoms with E-state index in [1.54, 1.807) is 0 Å². The number of nitro benzene ring substituents is 1. The normalized spacial score (nSPS) is 16.3. The molecule has 1 aromatic rings. The standard InChI is InChI=1S/C14H19N3O4/c1-16(2)14(6-3-7-14)9-15-12-5-4-10(17(20)21)8-11(12)13(18)19/h4-5,8,15H,3,6-7,9H2,1-2H3,(H,18,19). The molecule has 0 bridgehead atoms. The Kier molecular flexibility index (Phi) is 4.13. The van der Waals surface area contributed by atoms with Crippen molar-refractivity contribution in [2.75, 3.05) is 26.0 Å². The first-order valence-corrected chi connectivity index (χ1v) is 6.79. The molecule has 114 valence electrons. The van der Waals surface area contributed by atoms with Gasteiger partial charge in [-0.3, -0.25) is 10.1 Å². The van der Waals surface area contributed by atoms with Gasteiger partial charge in [0.1, 0.15) is 0 Å². The third-order valence-electron chi connectivity index (χ3n) is 4.29. The van der Waals surface area contributed by atoms with E-state index in [0.717, 1.165) is 25.3 Å². The Morgan fingerprint density at radius 1 is 1.48 bits per heavy atom. The average Bonchev–Trinajstić information content (AvgIpc) is 2.36. The van der Waals surface area contributed by atoms with Gasteiger partial charge in [0.2, 0.25) is 0 Å². The molecule has 21 heavy (non-hydrogen) atoms. The van der Waals surface area contributed by atoms with Crippen LogP contribution in [0.3, 0.4) is 0 Å². The summed E-state index contributed by atoms with van der Waals surface area (Å²) in [5, 5.41) is 23.1. The van der Waals surface area contributed by atoms with Gasteiger partial charge in [-0.1, -0.05) is 0 Å². The van der Waals surface area contributed by atoms with Gasteiger partial charge in [0, 0.05) is 29.9 Å². The number of hydrogen-bond acceptors (Lipinski definition) is 5. The zero-order valence-corrected chi connectivity index (χ0v) is 12.1. The van der Waals surface area contributed by atoms with Crippen LogP contribution in [0.2, 0.25) is 0 Å². The molecule has 0 aromatic heterocycles. The Morgan fingerprint density at radius 2 is 2.14 bits per heavy atom. The lowest BCUT2D eigenvalue weighted by Gasteiger charge is -2.47. The topological polar surface area (TPSA) is 95.7 Å². The number of nitrogens with zero attached hydrogens (tertiary/aromatic N) is 2. The maximum Gasteiger partial charge on any atom is 0.338 e. The fourth-order valence-corrected chi connectivity index (χ4v) is 2.60. The summed E-state index contributed by atoms with van der Waals surface area (Å²) in [6.07, 6.45) is 3.27. The van der Waals surface area contributed by atoms with E-state index in [-0.39, 0.29) is 16.8 Å². The first-order valence-electron chi connectivity index (χ1n) is 6.79. The highest BCUT2D eigenvalue weighted by Gasteiger charge is 2.38. The van der Waals surface area contributed by atoms with Crippen molar-refractivity contribution in [2.45, 2.75) is 24.8 Å². The molecule has 0 amide bonds. The number of aromatic carboxylic acids is 1. The molecular weight excluding hydrogens is 274 g/mol. The van der Waals surface area contributed by atoms with E-state index in [1.165, 1.54) is 12.1 Å². The van der Waals surface area contributed by atoms with Gasteiger partial charge in [0.15, 0.2) is 0 Å². The first-order chi connectivity index (χ1) is 9.85. The summed E-state index contributed by atoms with van der Waals surface area (Å²) >= 11 is 0. The van der Waals surface area contributed by atoms with Crippen molar-refractivity contribution < 1.29 is 14.8 Å². The lowest BCUT2D eigenvalue weighted by atomic mass is 9.75. The molecule has 7 nitrogen and oxygen atoms in total. The van der Waals surface area contributed by atoms with Crippen LogP contribution in [0.15, 0.2) is 18.2 Å². The van der Waals surface area contributed by atoms with Crippen molar-refractivity contribution >= 4 is 17.3 Å². The smallest absolute Gasteiger partial charge is 0.338 e. The summed E-state index contributed by atoms with van der Waals surface area (Å²) in [7, 11) is 4.02.